The molecule has 1 radical (unpaired) electrons. The first kappa shape index (κ1) is 9.40. The molecule has 63 valence electrons. The van der Waals surface area contributed by atoms with Crippen molar-refractivity contribution in [3.05, 3.63) is 42.0 Å². The summed E-state index contributed by atoms with van der Waals surface area (Å²) in [5.41, 5.74) is 2.45. The number of aryl methyl sites for hydroxylation is 1. The quantitative estimate of drug-likeness (QED) is 0.638. The Morgan fingerprint density at radius 2 is 2.17 bits per heavy atom. The van der Waals surface area contributed by atoms with Crippen LogP contribution in [-0.2, 0) is 6.42 Å². The Balaban J connectivity index is 3.09. The maximum atomic E-state index is 3.65. The highest BCUT2D eigenvalue weighted by Gasteiger charge is 1.96. The third kappa shape index (κ3) is 2.15. The van der Waals surface area contributed by atoms with E-state index in [-0.39, 0.29) is 0 Å². The van der Waals surface area contributed by atoms with Gasteiger partial charge in [-0.2, -0.15) is 0 Å². The fourth-order valence-corrected chi connectivity index (χ4v) is 1.60. The molecule has 0 aliphatic heterocycles. The van der Waals surface area contributed by atoms with Crippen LogP contribution in [0.15, 0.2) is 29.7 Å². The second-order valence-corrected chi connectivity index (χ2v) is 3.48. The van der Waals surface area contributed by atoms with Crippen molar-refractivity contribution in [1.82, 2.24) is 0 Å². The molecule has 1 heteroatoms. The summed E-state index contributed by atoms with van der Waals surface area (Å²) in [6.45, 7) is 5.81. The minimum absolute atomic E-state index is 1.07. The minimum atomic E-state index is 1.07. The molecule has 0 heterocycles. The van der Waals surface area contributed by atoms with Gasteiger partial charge in [0.05, 0.1) is 0 Å². The molecule has 12 heavy (non-hydrogen) atoms. The topological polar surface area (TPSA) is 0 Å². The van der Waals surface area contributed by atoms with Crippen LogP contribution in [0.3, 0.4) is 0 Å². The Morgan fingerprint density at radius 1 is 1.42 bits per heavy atom. The van der Waals surface area contributed by atoms with Gasteiger partial charge in [0.1, 0.15) is 0 Å². The van der Waals surface area contributed by atoms with Crippen molar-refractivity contribution in [1.29, 1.82) is 0 Å². The molecule has 0 aliphatic rings. The predicted molar refractivity (Wildman–Crippen MR) is 55.6 cm³/mol. The summed E-state index contributed by atoms with van der Waals surface area (Å²) >= 11 is 1.76. The molecule has 0 amide bonds. The van der Waals surface area contributed by atoms with Crippen molar-refractivity contribution in [2.75, 3.05) is 6.26 Å². The van der Waals surface area contributed by atoms with E-state index in [1.807, 2.05) is 0 Å². The fourth-order valence-electron chi connectivity index (χ4n) is 1.08. The van der Waals surface area contributed by atoms with Gasteiger partial charge < -0.3 is 0 Å². The van der Waals surface area contributed by atoms with Crippen LogP contribution in [0.5, 0.6) is 0 Å². The zero-order chi connectivity index (χ0) is 8.97. The van der Waals surface area contributed by atoms with Crippen LogP contribution in [-0.4, -0.2) is 6.26 Å². The molecule has 0 aliphatic carbocycles. The van der Waals surface area contributed by atoms with Gasteiger partial charge in [-0.15, -0.1) is 11.8 Å². The molecule has 0 bridgehead atoms. The number of benzene rings is 1. The smallest absolute Gasteiger partial charge is 0.00780 e. The van der Waals surface area contributed by atoms with Crippen LogP contribution < -0.4 is 0 Å². The summed E-state index contributed by atoms with van der Waals surface area (Å²) in [5, 5.41) is 0. The average Bonchev–Trinajstić information content (AvgIpc) is 2.16. The second-order valence-electron chi connectivity index (χ2n) is 2.60. The van der Waals surface area contributed by atoms with Gasteiger partial charge >= 0.3 is 0 Å². The van der Waals surface area contributed by atoms with Gasteiger partial charge in [0, 0.05) is 4.90 Å². The van der Waals surface area contributed by atoms with Crippen molar-refractivity contribution in [3.8, 4) is 0 Å². The molecule has 0 saturated heterocycles. The SMILES string of the molecule is C=[C]c1cc(CC)cc(SC)c1. The fraction of sp³-hybridized carbons (Fsp3) is 0.273. The van der Waals surface area contributed by atoms with Gasteiger partial charge in [-0.05, 0) is 42.0 Å². The van der Waals surface area contributed by atoms with Gasteiger partial charge in [-0.1, -0.05) is 19.6 Å². The summed E-state index contributed by atoms with van der Waals surface area (Å²) in [5.74, 6) is 0. The van der Waals surface area contributed by atoms with Crippen molar-refractivity contribution in [3.63, 3.8) is 0 Å². The van der Waals surface area contributed by atoms with Gasteiger partial charge in [-0.3, -0.25) is 0 Å². The van der Waals surface area contributed by atoms with E-state index in [2.05, 4.69) is 44.0 Å². The van der Waals surface area contributed by atoms with Crippen molar-refractivity contribution >= 4 is 11.8 Å². The van der Waals surface area contributed by atoms with Crippen LogP contribution in [0.2, 0.25) is 0 Å². The molecule has 1 rings (SSSR count). The first-order chi connectivity index (χ1) is 5.80. The monoisotopic (exact) mass is 177 g/mol. The van der Waals surface area contributed by atoms with Gasteiger partial charge in [0.2, 0.25) is 0 Å². The molecule has 0 nitrogen and oxygen atoms in total. The molecular weight excluding hydrogens is 164 g/mol. The van der Waals surface area contributed by atoms with Crippen molar-refractivity contribution in [2.45, 2.75) is 18.2 Å². The Kier molecular flexibility index (Phi) is 3.42. The summed E-state index contributed by atoms with van der Waals surface area (Å²) in [6, 6.07) is 6.45. The second kappa shape index (κ2) is 4.36. The number of hydrogen-bond acceptors (Lipinski definition) is 1. The van der Waals surface area contributed by atoms with Crippen LogP contribution in [0, 0.1) is 6.08 Å². The molecule has 0 atom stereocenters. The van der Waals surface area contributed by atoms with Gasteiger partial charge in [0.25, 0.3) is 0 Å². The van der Waals surface area contributed by atoms with Crippen LogP contribution >= 0.6 is 11.8 Å². The Bertz CT molecular complexity index is 254. The van der Waals surface area contributed by atoms with E-state index in [0.29, 0.717) is 0 Å². The summed E-state index contributed by atoms with van der Waals surface area (Å²) in [6.07, 6.45) is 6.07. The summed E-state index contributed by atoms with van der Waals surface area (Å²) in [7, 11) is 0. The average molecular weight is 177 g/mol. The first-order valence-electron chi connectivity index (χ1n) is 4.01. The molecule has 0 aromatic heterocycles. The van der Waals surface area contributed by atoms with Gasteiger partial charge in [0.15, 0.2) is 0 Å². The molecule has 0 fully saturated rings. The predicted octanol–water partition coefficient (Wildman–Crippen LogP) is 3.31. The first-order valence-corrected chi connectivity index (χ1v) is 5.23. The maximum absolute atomic E-state index is 3.65. The Labute approximate surface area is 78.7 Å². The third-order valence-electron chi connectivity index (χ3n) is 1.81. The molecular formula is C11H13S. The molecule has 0 unspecified atom stereocenters. The van der Waals surface area contributed by atoms with E-state index in [1.54, 1.807) is 11.8 Å². The highest BCUT2D eigenvalue weighted by molar-refractivity contribution is 7.98. The zero-order valence-corrected chi connectivity index (χ0v) is 8.37. The van der Waals surface area contributed by atoms with E-state index in [9.17, 15) is 0 Å². The number of thioether (sulfide) groups is 1. The third-order valence-corrected chi connectivity index (χ3v) is 2.52. The van der Waals surface area contributed by atoms with E-state index in [0.717, 1.165) is 12.0 Å². The largest absolute Gasteiger partial charge is 0.130 e. The number of hydrogen-bond donors (Lipinski definition) is 0. The lowest BCUT2D eigenvalue weighted by atomic mass is 10.1. The Hall–Kier alpha value is -0.690. The lowest BCUT2D eigenvalue weighted by Crippen LogP contribution is -1.84. The molecule has 0 spiro atoms. The van der Waals surface area contributed by atoms with E-state index >= 15 is 0 Å². The van der Waals surface area contributed by atoms with Crippen LogP contribution in [0.1, 0.15) is 18.1 Å². The highest BCUT2D eigenvalue weighted by Crippen LogP contribution is 2.19. The number of rotatable bonds is 3. The van der Waals surface area contributed by atoms with E-state index in [4.69, 9.17) is 0 Å². The normalized spacial score (nSPS) is 9.83. The molecule has 0 N–H and O–H groups in total. The van der Waals surface area contributed by atoms with Crippen molar-refractivity contribution in [2.24, 2.45) is 0 Å². The molecule has 1 aromatic carbocycles. The standard InChI is InChI=1S/C11H13S/c1-4-9-6-10(5-2)8-11(7-9)12-3/h6-8H,1,5H2,2-3H3. The Morgan fingerprint density at radius 3 is 2.67 bits per heavy atom. The van der Waals surface area contributed by atoms with Crippen LogP contribution in [0.4, 0.5) is 0 Å². The summed E-state index contributed by atoms with van der Waals surface area (Å²) < 4.78 is 0. The van der Waals surface area contributed by atoms with Crippen LogP contribution in [0.25, 0.3) is 0 Å². The summed E-state index contributed by atoms with van der Waals surface area (Å²) in [4.78, 5) is 1.29. The van der Waals surface area contributed by atoms with E-state index in [1.165, 1.54) is 10.5 Å². The van der Waals surface area contributed by atoms with Crippen molar-refractivity contribution < 1.29 is 0 Å². The van der Waals surface area contributed by atoms with Gasteiger partial charge in [-0.25, -0.2) is 0 Å². The zero-order valence-electron chi connectivity index (χ0n) is 7.55. The molecule has 1 aromatic rings. The highest BCUT2D eigenvalue weighted by atomic mass is 32.2. The lowest BCUT2D eigenvalue weighted by Gasteiger charge is -2.02. The van der Waals surface area contributed by atoms with E-state index < -0.39 is 0 Å². The maximum Gasteiger partial charge on any atom is 0.00780 e. The lowest BCUT2D eigenvalue weighted by molar-refractivity contribution is 1.12. The molecule has 0 saturated carbocycles. The minimum Gasteiger partial charge on any atom is -0.130 e.